The van der Waals surface area contributed by atoms with E-state index in [0.717, 1.165) is 41.6 Å². The molecule has 0 radical (unpaired) electrons. The summed E-state index contributed by atoms with van der Waals surface area (Å²) >= 11 is 0. The van der Waals surface area contributed by atoms with Crippen LogP contribution in [-0.2, 0) is 16.8 Å². The van der Waals surface area contributed by atoms with Gasteiger partial charge in [-0.2, -0.15) is 0 Å². The number of amides is 1. The summed E-state index contributed by atoms with van der Waals surface area (Å²) in [7, 11) is 1.78. The van der Waals surface area contributed by atoms with Crippen molar-refractivity contribution >= 4 is 6.09 Å². The lowest BCUT2D eigenvalue weighted by Gasteiger charge is -2.32. The first-order valence-electron chi connectivity index (χ1n) is 8.17. The second-order valence-corrected chi connectivity index (χ2v) is 6.41. The molecule has 0 bridgehead atoms. The summed E-state index contributed by atoms with van der Waals surface area (Å²) in [5.41, 5.74) is 3.30. The maximum absolute atomic E-state index is 11.9. The molecule has 1 aliphatic heterocycles. The zero-order chi connectivity index (χ0) is 16.6. The van der Waals surface area contributed by atoms with Gasteiger partial charge in [0.25, 0.3) is 0 Å². The summed E-state index contributed by atoms with van der Waals surface area (Å²) in [5.74, 6) is 6.33. The number of likely N-dealkylation sites (N-methyl/N-ethyl adjacent to an activating group) is 1. The number of aromatic nitrogens is 1. The number of benzene rings is 1. The summed E-state index contributed by atoms with van der Waals surface area (Å²) in [4.78, 5) is 18.1. The Morgan fingerprint density at radius 2 is 2.00 bits per heavy atom. The van der Waals surface area contributed by atoms with Gasteiger partial charge >= 0.3 is 6.09 Å². The van der Waals surface area contributed by atoms with Crippen molar-refractivity contribution in [2.24, 2.45) is 0 Å². The monoisotopic (exact) mass is 318 g/mol. The van der Waals surface area contributed by atoms with Gasteiger partial charge in [0, 0.05) is 35.6 Å². The van der Waals surface area contributed by atoms with Crippen molar-refractivity contribution in [2.75, 3.05) is 13.6 Å². The van der Waals surface area contributed by atoms with E-state index in [0.29, 0.717) is 6.54 Å². The Morgan fingerprint density at radius 3 is 2.75 bits per heavy atom. The van der Waals surface area contributed by atoms with E-state index in [-0.39, 0.29) is 6.09 Å². The van der Waals surface area contributed by atoms with Crippen LogP contribution in [0.25, 0.3) is 0 Å². The Bertz CT molecular complexity index is 851. The van der Waals surface area contributed by atoms with Gasteiger partial charge < -0.3 is 9.64 Å². The molecular formula is C20H18N2O2. The van der Waals surface area contributed by atoms with E-state index in [4.69, 9.17) is 4.74 Å². The Balaban J connectivity index is 1.72. The van der Waals surface area contributed by atoms with Crippen LogP contribution in [0.1, 0.15) is 35.2 Å². The normalized spacial score (nSPS) is 21.9. The van der Waals surface area contributed by atoms with Crippen LogP contribution < -0.4 is 0 Å². The summed E-state index contributed by atoms with van der Waals surface area (Å²) in [6.07, 6.45) is 4.30. The molecule has 1 spiro atoms. The highest BCUT2D eigenvalue weighted by Gasteiger charge is 2.48. The van der Waals surface area contributed by atoms with Crippen molar-refractivity contribution in [1.29, 1.82) is 0 Å². The Hall–Kier alpha value is -2.80. The second kappa shape index (κ2) is 5.68. The van der Waals surface area contributed by atoms with Gasteiger partial charge in [-0.1, -0.05) is 30.0 Å². The molecule has 1 aromatic carbocycles. The van der Waals surface area contributed by atoms with E-state index in [9.17, 15) is 4.79 Å². The summed E-state index contributed by atoms with van der Waals surface area (Å²) in [6, 6.07) is 11.9. The van der Waals surface area contributed by atoms with Crippen LogP contribution in [0.5, 0.6) is 0 Å². The Labute approximate surface area is 141 Å². The number of pyridine rings is 1. The van der Waals surface area contributed by atoms with Crippen molar-refractivity contribution in [3.63, 3.8) is 0 Å². The van der Waals surface area contributed by atoms with E-state index >= 15 is 0 Å². The minimum atomic E-state index is -0.559. The molecule has 4 heteroatoms. The molecule has 4 rings (SSSR count). The highest BCUT2D eigenvalue weighted by atomic mass is 16.6. The van der Waals surface area contributed by atoms with Gasteiger partial charge in [-0.25, -0.2) is 4.79 Å². The van der Waals surface area contributed by atoms with Crippen LogP contribution in [0.3, 0.4) is 0 Å². The average Bonchev–Trinajstić information content (AvgIpc) is 2.89. The zero-order valence-electron chi connectivity index (χ0n) is 13.6. The van der Waals surface area contributed by atoms with E-state index < -0.39 is 5.60 Å². The molecule has 0 saturated carbocycles. The van der Waals surface area contributed by atoms with Crippen molar-refractivity contribution in [3.05, 3.63) is 65.0 Å². The number of carbonyl (C=O) groups is 1. The standard InChI is InChI=1S/C20H18N2O2/c1-22-14-20(24-19(22)23)11-5-8-18-17(20)12-16(13-21-18)10-9-15-6-3-2-4-7-15/h2-4,6-7,12-13H,5,8,11,14H2,1H3/t20-/m0/s1. The fourth-order valence-electron chi connectivity index (χ4n) is 3.49. The third-order valence-electron chi connectivity index (χ3n) is 4.67. The van der Waals surface area contributed by atoms with E-state index in [1.807, 2.05) is 42.6 Å². The number of fused-ring (bicyclic) bond motifs is 2. The molecule has 2 aliphatic rings. The molecule has 4 nitrogen and oxygen atoms in total. The minimum absolute atomic E-state index is 0.261. The largest absolute Gasteiger partial charge is 0.436 e. The predicted molar refractivity (Wildman–Crippen MR) is 90.4 cm³/mol. The van der Waals surface area contributed by atoms with Gasteiger partial charge in [0.05, 0.1) is 6.54 Å². The van der Waals surface area contributed by atoms with Crippen molar-refractivity contribution < 1.29 is 9.53 Å². The third kappa shape index (κ3) is 2.52. The molecular weight excluding hydrogens is 300 g/mol. The fourth-order valence-corrected chi connectivity index (χ4v) is 3.49. The lowest BCUT2D eigenvalue weighted by Crippen LogP contribution is -2.35. The zero-order valence-corrected chi connectivity index (χ0v) is 13.6. The SMILES string of the molecule is CN1C[C@]2(CCCc3ncc(C#Cc4ccccc4)cc32)OC1=O. The van der Waals surface area contributed by atoms with E-state index in [1.54, 1.807) is 11.9 Å². The highest BCUT2D eigenvalue weighted by Crippen LogP contribution is 2.42. The molecule has 1 aliphatic carbocycles. The first kappa shape index (κ1) is 14.8. The molecule has 0 N–H and O–H groups in total. The van der Waals surface area contributed by atoms with Gasteiger partial charge in [0.15, 0.2) is 5.60 Å². The van der Waals surface area contributed by atoms with Crippen molar-refractivity contribution in [3.8, 4) is 11.8 Å². The number of hydrogen-bond acceptors (Lipinski definition) is 3. The molecule has 0 unspecified atom stereocenters. The molecule has 1 fully saturated rings. The van der Waals surface area contributed by atoms with Crippen LogP contribution in [0.2, 0.25) is 0 Å². The number of hydrogen-bond donors (Lipinski definition) is 0. The van der Waals surface area contributed by atoms with E-state index in [1.165, 1.54) is 0 Å². The number of carbonyl (C=O) groups excluding carboxylic acids is 1. The number of rotatable bonds is 0. The molecule has 120 valence electrons. The number of aryl methyl sites for hydroxylation is 1. The Morgan fingerprint density at radius 1 is 1.21 bits per heavy atom. The van der Waals surface area contributed by atoms with Crippen LogP contribution in [-0.4, -0.2) is 29.6 Å². The molecule has 24 heavy (non-hydrogen) atoms. The highest BCUT2D eigenvalue weighted by molar-refractivity contribution is 5.71. The molecule has 1 atom stereocenters. The predicted octanol–water partition coefficient (Wildman–Crippen LogP) is 3.10. The van der Waals surface area contributed by atoms with Crippen LogP contribution in [0, 0.1) is 11.8 Å². The quantitative estimate of drug-likeness (QED) is 0.701. The average molecular weight is 318 g/mol. The van der Waals surface area contributed by atoms with Gasteiger partial charge in [-0.05, 0) is 37.5 Å². The molecule has 1 amide bonds. The van der Waals surface area contributed by atoms with Crippen molar-refractivity contribution in [2.45, 2.75) is 24.9 Å². The first-order chi connectivity index (χ1) is 11.7. The Kier molecular flexibility index (Phi) is 3.50. The minimum Gasteiger partial charge on any atom is -0.436 e. The molecule has 2 heterocycles. The van der Waals surface area contributed by atoms with Crippen LogP contribution in [0.4, 0.5) is 4.79 Å². The molecule has 1 aromatic heterocycles. The van der Waals surface area contributed by atoms with Gasteiger partial charge in [0.1, 0.15) is 0 Å². The number of ether oxygens (including phenoxy) is 1. The summed E-state index contributed by atoms with van der Waals surface area (Å²) < 4.78 is 5.75. The molecule has 2 aromatic rings. The van der Waals surface area contributed by atoms with Crippen molar-refractivity contribution in [1.82, 2.24) is 9.88 Å². The molecule has 1 saturated heterocycles. The lowest BCUT2D eigenvalue weighted by atomic mass is 9.81. The topological polar surface area (TPSA) is 42.4 Å². The lowest BCUT2D eigenvalue weighted by molar-refractivity contribution is 0.0389. The summed E-state index contributed by atoms with van der Waals surface area (Å²) in [6.45, 7) is 0.579. The maximum Gasteiger partial charge on any atom is 0.410 e. The van der Waals surface area contributed by atoms with Crippen LogP contribution in [0.15, 0.2) is 42.6 Å². The van der Waals surface area contributed by atoms with Gasteiger partial charge in [-0.3, -0.25) is 4.98 Å². The second-order valence-electron chi connectivity index (χ2n) is 6.41. The fraction of sp³-hybridized carbons (Fsp3) is 0.300. The van der Waals surface area contributed by atoms with Gasteiger partial charge in [0.2, 0.25) is 0 Å². The van der Waals surface area contributed by atoms with Gasteiger partial charge in [-0.15, -0.1) is 0 Å². The van der Waals surface area contributed by atoms with E-state index in [2.05, 4.69) is 16.8 Å². The summed E-state index contributed by atoms with van der Waals surface area (Å²) in [5, 5.41) is 0. The number of nitrogens with zero attached hydrogens (tertiary/aromatic N) is 2. The maximum atomic E-state index is 11.9. The third-order valence-corrected chi connectivity index (χ3v) is 4.67. The first-order valence-corrected chi connectivity index (χ1v) is 8.17. The van der Waals surface area contributed by atoms with Crippen LogP contribution >= 0.6 is 0 Å². The smallest absolute Gasteiger partial charge is 0.410 e.